The van der Waals surface area contributed by atoms with E-state index in [1.807, 2.05) is 12.1 Å². The molecule has 1 heterocycles. The van der Waals surface area contributed by atoms with Gasteiger partial charge in [-0.05, 0) is 54.0 Å². The Morgan fingerprint density at radius 2 is 1.45 bits per heavy atom. The second-order valence-corrected chi connectivity index (χ2v) is 21.0. The van der Waals surface area contributed by atoms with Crippen LogP contribution in [0.15, 0.2) is 24.3 Å². The third-order valence-corrected chi connectivity index (χ3v) is 16.1. The van der Waals surface area contributed by atoms with E-state index in [1.165, 1.54) is 0 Å². The molecule has 1 saturated heterocycles. The van der Waals surface area contributed by atoms with E-state index < -0.39 is 16.6 Å². The van der Waals surface area contributed by atoms with Gasteiger partial charge in [0.2, 0.25) is 0 Å². The van der Waals surface area contributed by atoms with E-state index in [2.05, 4.69) is 67.7 Å². The maximum Gasteiger partial charge on any atom is 0.192 e. The van der Waals surface area contributed by atoms with Gasteiger partial charge in [0.25, 0.3) is 0 Å². The third kappa shape index (κ3) is 5.94. The second-order valence-electron chi connectivity index (χ2n) is 11.5. The van der Waals surface area contributed by atoms with Crippen LogP contribution >= 0.6 is 0 Å². The van der Waals surface area contributed by atoms with Crippen molar-refractivity contribution in [1.82, 2.24) is 0 Å². The van der Waals surface area contributed by atoms with E-state index in [-0.39, 0.29) is 34.1 Å². The molecule has 0 radical (unpaired) electrons. The van der Waals surface area contributed by atoms with E-state index in [1.54, 1.807) is 12.1 Å². The Morgan fingerprint density at radius 3 is 1.93 bits per heavy atom. The number of hydrogen-bond acceptors (Lipinski definition) is 4. The molecule has 1 aromatic carbocycles. The number of benzene rings is 1. The summed E-state index contributed by atoms with van der Waals surface area (Å²) in [5.41, 5.74) is 1.08. The van der Waals surface area contributed by atoms with Crippen LogP contribution in [0.2, 0.25) is 36.3 Å². The molecule has 0 bridgehead atoms. The molecule has 0 saturated carbocycles. The summed E-state index contributed by atoms with van der Waals surface area (Å²) < 4.78 is 19.8. The molecule has 2 rings (SSSR count). The monoisotopic (exact) mass is 438 g/mol. The van der Waals surface area contributed by atoms with E-state index in [0.717, 1.165) is 12.0 Å². The number of rotatable bonds is 6. The molecule has 166 valence electrons. The molecule has 0 spiro atoms. The molecule has 0 aliphatic carbocycles. The van der Waals surface area contributed by atoms with Gasteiger partial charge in [0, 0.05) is 6.42 Å². The average Bonchev–Trinajstić information content (AvgIpc) is 2.93. The molecule has 0 aromatic heterocycles. The fourth-order valence-corrected chi connectivity index (χ4v) is 5.33. The standard InChI is InChI=1S/C23H42O4Si2/c1-22(2,3)28(7,8)25-16-21-20(27-29(9,10)23(4,5)6)15-19(26-21)17-11-13-18(24)14-12-17/h11-14,19-21,24H,15-16H2,1-10H3/t19-,20+,21-/m1/s1. The summed E-state index contributed by atoms with van der Waals surface area (Å²) >= 11 is 0. The summed E-state index contributed by atoms with van der Waals surface area (Å²) in [6, 6.07) is 7.34. The first kappa shape index (κ1) is 24.6. The summed E-state index contributed by atoms with van der Waals surface area (Å²) in [6.45, 7) is 23.3. The lowest BCUT2D eigenvalue weighted by molar-refractivity contribution is -0.0164. The van der Waals surface area contributed by atoms with Gasteiger partial charge in [-0.2, -0.15) is 0 Å². The second kappa shape index (κ2) is 8.46. The molecule has 4 nitrogen and oxygen atoms in total. The van der Waals surface area contributed by atoms with Gasteiger partial charge in [-0.15, -0.1) is 0 Å². The molecule has 3 atom stereocenters. The topological polar surface area (TPSA) is 47.9 Å². The van der Waals surface area contributed by atoms with Crippen molar-refractivity contribution in [2.75, 3.05) is 6.61 Å². The highest BCUT2D eigenvalue weighted by Crippen LogP contribution is 2.43. The van der Waals surface area contributed by atoms with Gasteiger partial charge >= 0.3 is 0 Å². The van der Waals surface area contributed by atoms with Crippen molar-refractivity contribution in [3.63, 3.8) is 0 Å². The van der Waals surface area contributed by atoms with Crippen molar-refractivity contribution in [3.05, 3.63) is 29.8 Å². The number of ether oxygens (including phenoxy) is 1. The summed E-state index contributed by atoms with van der Waals surface area (Å²) in [4.78, 5) is 0. The van der Waals surface area contributed by atoms with Crippen LogP contribution in [-0.4, -0.2) is 40.6 Å². The van der Waals surface area contributed by atoms with Crippen LogP contribution in [0.3, 0.4) is 0 Å². The van der Waals surface area contributed by atoms with Gasteiger partial charge in [0.05, 0.1) is 18.8 Å². The summed E-state index contributed by atoms with van der Waals surface area (Å²) in [5.74, 6) is 0.277. The Balaban J connectivity index is 2.20. The van der Waals surface area contributed by atoms with Crippen molar-refractivity contribution < 1.29 is 18.7 Å². The van der Waals surface area contributed by atoms with E-state index in [4.69, 9.17) is 13.6 Å². The maximum atomic E-state index is 9.62. The van der Waals surface area contributed by atoms with E-state index >= 15 is 0 Å². The van der Waals surface area contributed by atoms with Gasteiger partial charge in [-0.3, -0.25) is 0 Å². The largest absolute Gasteiger partial charge is 0.508 e. The minimum atomic E-state index is -1.93. The molecule has 1 N–H and O–H groups in total. The fourth-order valence-electron chi connectivity index (χ4n) is 2.95. The van der Waals surface area contributed by atoms with E-state index in [0.29, 0.717) is 6.61 Å². The minimum Gasteiger partial charge on any atom is -0.508 e. The van der Waals surface area contributed by atoms with Crippen LogP contribution in [0, 0.1) is 0 Å². The zero-order chi connectivity index (χ0) is 22.3. The molecule has 29 heavy (non-hydrogen) atoms. The van der Waals surface area contributed by atoms with Crippen molar-refractivity contribution >= 4 is 16.6 Å². The average molecular weight is 439 g/mol. The fraction of sp³-hybridized carbons (Fsp3) is 0.739. The highest BCUT2D eigenvalue weighted by Gasteiger charge is 2.46. The third-order valence-electron chi connectivity index (χ3n) is 7.13. The predicted molar refractivity (Wildman–Crippen MR) is 126 cm³/mol. The molecule has 0 unspecified atom stereocenters. The summed E-state index contributed by atoms with van der Waals surface area (Å²) in [5, 5.41) is 9.93. The number of phenols is 1. The van der Waals surface area contributed by atoms with Crippen LogP contribution in [0.4, 0.5) is 0 Å². The van der Waals surface area contributed by atoms with Gasteiger partial charge in [-0.25, -0.2) is 0 Å². The van der Waals surface area contributed by atoms with Crippen molar-refractivity contribution in [3.8, 4) is 5.75 Å². The first-order valence-electron chi connectivity index (χ1n) is 10.8. The Bertz CT molecular complexity index is 672. The van der Waals surface area contributed by atoms with Crippen molar-refractivity contribution in [2.45, 2.75) is 103 Å². The molecule has 1 aliphatic rings. The molecular formula is C23H42O4Si2. The zero-order valence-corrected chi connectivity index (χ0v) is 22.1. The maximum absolute atomic E-state index is 9.62. The lowest BCUT2D eigenvalue weighted by Crippen LogP contribution is -2.48. The smallest absolute Gasteiger partial charge is 0.192 e. The lowest BCUT2D eigenvalue weighted by Gasteiger charge is -2.40. The predicted octanol–water partition coefficient (Wildman–Crippen LogP) is 6.63. The SMILES string of the molecule is CC(C)(C)[Si](C)(C)OC[C@H]1O[C@@H](c2ccc(O)cc2)C[C@@H]1O[Si](C)(C)C(C)(C)C. The lowest BCUT2D eigenvalue weighted by atomic mass is 10.0. The van der Waals surface area contributed by atoms with E-state index in [9.17, 15) is 5.11 Å². The molecule has 0 amide bonds. The number of aromatic hydroxyl groups is 1. The molecular weight excluding hydrogens is 396 g/mol. The Morgan fingerprint density at radius 1 is 0.931 bits per heavy atom. The van der Waals surface area contributed by atoms with Crippen LogP contribution in [0.5, 0.6) is 5.75 Å². The van der Waals surface area contributed by atoms with Crippen LogP contribution in [-0.2, 0) is 13.6 Å². The number of hydrogen-bond donors (Lipinski definition) is 1. The van der Waals surface area contributed by atoms with Gasteiger partial charge in [0.15, 0.2) is 16.6 Å². The normalized spacial score (nSPS) is 24.1. The van der Waals surface area contributed by atoms with Gasteiger partial charge in [0.1, 0.15) is 11.9 Å². The highest BCUT2D eigenvalue weighted by atomic mass is 28.4. The van der Waals surface area contributed by atoms with Crippen LogP contribution in [0.1, 0.15) is 59.6 Å². The minimum absolute atomic E-state index is 0.0273. The van der Waals surface area contributed by atoms with Crippen molar-refractivity contribution in [2.24, 2.45) is 0 Å². The molecule has 1 aliphatic heterocycles. The van der Waals surface area contributed by atoms with Crippen LogP contribution in [0.25, 0.3) is 0 Å². The zero-order valence-electron chi connectivity index (χ0n) is 20.1. The molecule has 6 heteroatoms. The highest BCUT2D eigenvalue weighted by molar-refractivity contribution is 6.74. The van der Waals surface area contributed by atoms with Gasteiger partial charge in [-0.1, -0.05) is 53.7 Å². The quantitative estimate of drug-likeness (QED) is 0.506. The first-order valence-corrected chi connectivity index (χ1v) is 16.6. The number of phenolic OH excluding ortho intramolecular Hbond substituents is 1. The Labute approximate surface area is 180 Å². The summed E-state index contributed by atoms with van der Waals surface area (Å²) in [6.07, 6.45) is 0.748. The molecule has 1 aromatic rings. The summed E-state index contributed by atoms with van der Waals surface area (Å²) in [7, 11) is -3.79. The van der Waals surface area contributed by atoms with Crippen molar-refractivity contribution in [1.29, 1.82) is 0 Å². The van der Waals surface area contributed by atoms with Gasteiger partial charge < -0.3 is 18.7 Å². The Kier molecular flexibility index (Phi) is 7.18. The molecule has 1 fully saturated rings. The first-order chi connectivity index (χ1) is 13.0. The Hall–Kier alpha value is -0.666. The van der Waals surface area contributed by atoms with Crippen LogP contribution < -0.4 is 0 Å².